The molecule has 0 fully saturated rings. The first-order chi connectivity index (χ1) is 7.20. The maximum atomic E-state index is 11.3. The van der Waals surface area contributed by atoms with Crippen molar-refractivity contribution in [1.29, 1.82) is 0 Å². The van der Waals surface area contributed by atoms with E-state index in [0.717, 1.165) is 19.4 Å². The summed E-state index contributed by atoms with van der Waals surface area (Å²) in [5.74, 6) is -0.198. The van der Waals surface area contributed by atoms with Gasteiger partial charge in [0.1, 0.15) is 0 Å². The molecule has 0 aliphatic heterocycles. The first-order valence-corrected chi connectivity index (χ1v) is 4.86. The van der Waals surface area contributed by atoms with Crippen LogP contribution in [0.1, 0.15) is 23.5 Å². The molecule has 0 atom stereocenters. The molecule has 0 bridgehead atoms. The van der Waals surface area contributed by atoms with Gasteiger partial charge in [-0.25, -0.2) is 0 Å². The maximum Gasteiger partial charge on any atom is 0.292 e. The van der Waals surface area contributed by atoms with Gasteiger partial charge in [-0.05, 0) is 38.7 Å². The second kappa shape index (κ2) is 6.07. The van der Waals surface area contributed by atoms with E-state index >= 15 is 0 Å². The third-order valence-corrected chi connectivity index (χ3v) is 1.87. The number of hydrogen-bond donors (Lipinski definition) is 2. The lowest BCUT2D eigenvalue weighted by Crippen LogP contribution is -2.26. The van der Waals surface area contributed by atoms with Gasteiger partial charge in [0.25, 0.3) is 11.7 Å². The molecule has 0 aliphatic carbocycles. The number of carbonyl (C=O) groups excluding carboxylic acids is 1. The van der Waals surface area contributed by atoms with Gasteiger partial charge in [-0.15, -0.1) is 10.2 Å². The van der Waals surface area contributed by atoms with Gasteiger partial charge < -0.3 is 10.2 Å². The lowest BCUT2D eigenvalue weighted by Gasteiger charge is -2.08. The topological polar surface area (TPSA) is 86.8 Å². The number of tetrazole rings is 1. The molecule has 1 aromatic rings. The number of nitrogens with zero attached hydrogens (tertiary/aromatic N) is 4. The molecule has 15 heavy (non-hydrogen) atoms. The van der Waals surface area contributed by atoms with Crippen LogP contribution >= 0.6 is 0 Å². The second-order valence-electron chi connectivity index (χ2n) is 3.50. The van der Waals surface area contributed by atoms with Crippen LogP contribution in [0.2, 0.25) is 0 Å². The number of aromatic amines is 1. The minimum atomic E-state index is -0.284. The highest BCUT2D eigenvalue weighted by Crippen LogP contribution is 1.90. The molecule has 84 valence electrons. The third-order valence-electron chi connectivity index (χ3n) is 1.87. The first kappa shape index (κ1) is 11.6. The van der Waals surface area contributed by atoms with E-state index in [9.17, 15) is 4.79 Å². The zero-order valence-corrected chi connectivity index (χ0v) is 9.03. The van der Waals surface area contributed by atoms with E-state index in [2.05, 4.69) is 30.8 Å². The highest BCUT2D eigenvalue weighted by Gasteiger charge is 2.08. The second-order valence-corrected chi connectivity index (χ2v) is 3.50. The van der Waals surface area contributed by atoms with E-state index < -0.39 is 0 Å². The van der Waals surface area contributed by atoms with Crippen molar-refractivity contribution in [1.82, 2.24) is 30.8 Å². The Morgan fingerprint density at radius 1 is 1.47 bits per heavy atom. The maximum absolute atomic E-state index is 11.3. The van der Waals surface area contributed by atoms with Gasteiger partial charge in [0.15, 0.2) is 0 Å². The summed E-state index contributed by atoms with van der Waals surface area (Å²) in [5, 5.41) is 15.4. The molecule has 0 aliphatic rings. The van der Waals surface area contributed by atoms with Crippen LogP contribution < -0.4 is 5.32 Å². The Bertz CT molecular complexity index is 283. The van der Waals surface area contributed by atoms with Gasteiger partial charge in [0.05, 0.1) is 0 Å². The van der Waals surface area contributed by atoms with Crippen LogP contribution in [-0.4, -0.2) is 58.6 Å². The van der Waals surface area contributed by atoms with Crippen molar-refractivity contribution in [3.05, 3.63) is 5.82 Å². The fourth-order valence-corrected chi connectivity index (χ4v) is 1.09. The lowest BCUT2D eigenvalue weighted by molar-refractivity contribution is 0.0942. The van der Waals surface area contributed by atoms with Crippen molar-refractivity contribution in [2.75, 3.05) is 27.2 Å². The van der Waals surface area contributed by atoms with Gasteiger partial charge >= 0.3 is 0 Å². The lowest BCUT2D eigenvalue weighted by atomic mass is 10.3. The van der Waals surface area contributed by atoms with E-state index in [0.29, 0.717) is 6.54 Å². The summed E-state index contributed by atoms with van der Waals surface area (Å²) in [5.41, 5.74) is 0. The predicted octanol–water partition coefficient (Wildman–Crippen LogP) is -0.729. The monoisotopic (exact) mass is 212 g/mol. The average Bonchev–Trinajstić information content (AvgIpc) is 2.69. The van der Waals surface area contributed by atoms with Crippen LogP contribution in [0, 0.1) is 0 Å². The van der Waals surface area contributed by atoms with E-state index in [1.165, 1.54) is 0 Å². The highest BCUT2D eigenvalue weighted by atomic mass is 16.2. The Labute approximate surface area is 88.2 Å². The van der Waals surface area contributed by atoms with Crippen molar-refractivity contribution >= 4 is 5.91 Å². The Kier molecular flexibility index (Phi) is 4.69. The number of rotatable bonds is 6. The zero-order valence-electron chi connectivity index (χ0n) is 9.03. The molecule has 1 rings (SSSR count). The first-order valence-electron chi connectivity index (χ1n) is 4.86. The van der Waals surface area contributed by atoms with Crippen molar-refractivity contribution in [3.63, 3.8) is 0 Å². The van der Waals surface area contributed by atoms with Crippen LogP contribution in [0.5, 0.6) is 0 Å². The molecule has 2 N–H and O–H groups in total. The molecular formula is C8H16N6O. The molecule has 1 amide bonds. The zero-order chi connectivity index (χ0) is 11.1. The molecule has 1 aromatic heterocycles. The van der Waals surface area contributed by atoms with Gasteiger partial charge in [0, 0.05) is 6.54 Å². The van der Waals surface area contributed by atoms with E-state index in [-0.39, 0.29) is 11.7 Å². The minimum absolute atomic E-state index is 0.0857. The molecule has 7 nitrogen and oxygen atoms in total. The molecule has 0 saturated carbocycles. The number of nitrogens with one attached hydrogen (secondary N) is 2. The quantitative estimate of drug-likeness (QED) is 0.607. The van der Waals surface area contributed by atoms with Gasteiger partial charge in [-0.1, -0.05) is 0 Å². The number of amides is 1. The van der Waals surface area contributed by atoms with Crippen molar-refractivity contribution < 1.29 is 4.79 Å². The Balaban J connectivity index is 2.08. The van der Waals surface area contributed by atoms with E-state index in [4.69, 9.17) is 0 Å². The fourth-order valence-electron chi connectivity index (χ4n) is 1.09. The highest BCUT2D eigenvalue weighted by molar-refractivity contribution is 5.89. The number of unbranched alkanes of at least 4 members (excludes halogenated alkanes) is 1. The molecule has 0 radical (unpaired) electrons. The predicted molar refractivity (Wildman–Crippen MR) is 54.3 cm³/mol. The molecule has 7 heteroatoms. The molecule has 0 aromatic carbocycles. The van der Waals surface area contributed by atoms with Crippen LogP contribution in [0.15, 0.2) is 0 Å². The summed E-state index contributed by atoms with van der Waals surface area (Å²) in [4.78, 5) is 13.4. The SMILES string of the molecule is CN(C)CCCCNC(=O)c1nn[nH]n1. The van der Waals surface area contributed by atoms with Gasteiger partial charge in [-0.3, -0.25) is 4.79 Å². The minimum Gasteiger partial charge on any atom is -0.349 e. The summed E-state index contributed by atoms with van der Waals surface area (Å²) in [6, 6.07) is 0. The van der Waals surface area contributed by atoms with E-state index in [1.54, 1.807) is 0 Å². The van der Waals surface area contributed by atoms with Crippen LogP contribution in [-0.2, 0) is 0 Å². The van der Waals surface area contributed by atoms with Gasteiger partial charge in [-0.2, -0.15) is 5.21 Å². The van der Waals surface area contributed by atoms with Crippen LogP contribution in [0.4, 0.5) is 0 Å². The normalized spacial score (nSPS) is 10.6. The third kappa shape index (κ3) is 4.50. The van der Waals surface area contributed by atoms with Gasteiger partial charge in [0.2, 0.25) is 0 Å². The molecule has 0 unspecified atom stereocenters. The summed E-state index contributed by atoms with van der Waals surface area (Å²) < 4.78 is 0. The Hall–Kier alpha value is -1.50. The number of aromatic nitrogens is 4. The van der Waals surface area contributed by atoms with Crippen molar-refractivity contribution in [3.8, 4) is 0 Å². The average molecular weight is 212 g/mol. The molecule has 0 saturated heterocycles. The Morgan fingerprint density at radius 2 is 2.27 bits per heavy atom. The van der Waals surface area contributed by atoms with Crippen LogP contribution in [0.3, 0.4) is 0 Å². The smallest absolute Gasteiger partial charge is 0.292 e. The molecule has 0 spiro atoms. The van der Waals surface area contributed by atoms with Crippen molar-refractivity contribution in [2.45, 2.75) is 12.8 Å². The number of hydrogen-bond acceptors (Lipinski definition) is 5. The number of H-pyrrole nitrogens is 1. The van der Waals surface area contributed by atoms with Crippen LogP contribution in [0.25, 0.3) is 0 Å². The summed E-state index contributed by atoms with van der Waals surface area (Å²) >= 11 is 0. The van der Waals surface area contributed by atoms with E-state index in [1.807, 2.05) is 14.1 Å². The largest absolute Gasteiger partial charge is 0.349 e. The summed E-state index contributed by atoms with van der Waals surface area (Å²) in [6.07, 6.45) is 2.00. The Morgan fingerprint density at radius 3 is 2.87 bits per heavy atom. The summed E-state index contributed by atoms with van der Waals surface area (Å²) in [6.45, 7) is 1.67. The molecule has 1 heterocycles. The fraction of sp³-hybridized carbons (Fsp3) is 0.750. The van der Waals surface area contributed by atoms with Crippen molar-refractivity contribution in [2.24, 2.45) is 0 Å². The molecular weight excluding hydrogens is 196 g/mol. The summed E-state index contributed by atoms with van der Waals surface area (Å²) in [7, 11) is 4.05. The number of carbonyl (C=O) groups is 1. The standard InChI is InChI=1S/C8H16N6O/c1-14(2)6-4-3-5-9-8(15)7-10-12-13-11-7/h3-6H2,1-2H3,(H,9,15)(H,10,11,12,13).